The van der Waals surface area contributed by atoms with Crippen molar-refractivity contribution in [2.75, 3.05) is 0 Å². The highest BCUT2D eigenvalue weighted by Gasteiger charge is 2.07. The normalized spacial score (nSPS) is 10.6. The number of hydrogen-bond donors (Lipinski definition) is 0. The minimum Gasteiger partial charge on any atom is -0.234 e. The Balaban J connectivity index is 2.53. The van der Waals surface area contributed by atoms with E-state index >= 15 is 0 Å². The van der Waals surface area contributed by atoms with Crippen molar-refractivity contribution in [3.8, 4) is 11.3 Å². The smallest absolute Gasteiger partial charge is 0.198 e. The van der Waals surface area contributed by atoms with Crippen LogP contribution in [-0.4, -0.2) is 9.97 Å². The molecule has 15 heavy (non-hydrogen) atoms. The lowest BCUT2D eigenvalue weighted by molar-refractivity contribution is 0.867. The Kier molecular flexibility index (Phi) is 2.77. The van der Waals surface area contributed by atoms with Gasteiger partial charge in [-0.1, -0.05) is 38.1 Å². The molecule has 2 rings (SSSR count). The monoisotopic (exact) mass is 197 g/mol. The standard InChI is InChI=1S/C13H13N2/c1-10(2)11-5-3-4-6-12(11)13-7-8-14-9-15-13/h3-8,10H,1-2H3. The fourth-order valence-corrected chi connectivity index (χ4v) is 1.64. The number of rotatable bonds is 2. The van der Waals surface area contributed by atoms with Gasteiger partial charge in [0, 0.05) is 11.8 Å². The molecule has 0 atom stereocenters. The molecule has 0 aliphatic carbocycles. The maximum atomic E-state index is 4.16. The lowest BCUT2D eigenvalue weighted by Gasteiger charge is -2.11. The number of hydrogen-bond acceptors (Lipinski definition) is 2. The minimum absolute atomic E-state index is 0.496. The molecule has 2 heteroatoms. The molecule has 0 saturated carbocycles. The second-order valence-corrected chi connectivity index (χ2v) is 3.78. The quantitative estimate of drug-likeness (QED) is 0.739. The van der Waals surface area contributed by atoms with E-state index in [2.05, 4.69) is 48.3 Å². The highest BCUT2D eigenvalue weighted by atomic mass is 14.8. The first-order valence-electron chi connectivity index (χ1n) is 5.07. The summed E-state index contributed by atoms with van der Waals surface area (Å²) in [5, 5.41) is 0. The van der Waals surface area contributed by atoms with Crippen LogP contribution in [0.2, 0.25) is 0 Å². The Morgan fingerprint density at radius 2 is 1.93 bits per heavy atom. The molecular weight excluding hydrogens is 184 g/mol. The zero-order valence-electron chi connectivity index (χ0n) is 8.94. The highest BCUT2D eigenvalue weighted by molar-refractivity contribution is 5.63. The Morgan fingerprint density at radius 3 is 2.60 bits per heavy atom. The molecule has 1 heterocycles. The lowest BCUT2D eigenvalue weighted by Crippen LogP contribution is -1.93. The van der Waals surface area contributed by atoms with Crippen molar-refractivity contribution < 1.29 is 0 Å². The molecule has 2 nitrogen and oxygen atoms in total. The van der Waals surface area contributed by atoms with Gasteiger partial charge in [0.2, 0.25) is 0 Å². The van der Waals surface area contributed by atoms with Crippen LogP contribution in [0.3, 0.4) is 0 Å². The van der Waals surface area contributed by atoms with Gasteiger partial charge < -0.3 is 0 Å². The molecular formula is C13H13N2. The van der Waals surface area contributed by atoms with Crippen molar-refractivity contribution in [3.05, 3.63) is 48.4 Å². The fourth-order valence-electron chi connectivity index (χ4n) is 1.64. The molecule has 0 unspecified atom stereocenters. The van der Waals surface area contributed by atoms with E-state index in [1.165, 1.54) is 11.1 Å². The van der Waals surface area contributed by atoms with Crippen LogP contribution < -0.4 is 0 Å². The van der Waals surface area contributed by atoms with Crippen molar-refractivity contribution in [1.82, 2.24) is 9.97 Å². The summed E-state index contributed by atoms with van der Waals surface area (Å²) < 4.78 is 0. The van der Waals surface area contributed by atoms with E-state index in [0.717, 1.165) is 5.69 Å². The summed E-state index contributed by atoms with van der Waals surface area (Å²) in [4.78, 5) is 7.97. The van der Waals surface area contributed by atoms with Gasteiger partial charge in [-0.15, -0.1) is 0 Å². The van der Waals surface area contributed by atoms with E-state index in [1.54, 1.807) is 6.20 Å². The summed E-state index contributed by atoms with van der Waals surface area (Å²) in [5.41, 5.74) is 3.42. The van der Waals surface area contributed by atoms with Crippen LogP contribution >= 0.6 is 0 Å². The van der Waals surface area contributed by atoms with Gasteiger partial charge in [-0.3, -0.25) is 0 Å². The molecule has 2 aromatic rings. The van der Waals surface area contributed by atoms with Gasteiger partial charge in [0.05, 0.1) is 5.69 Å². The minimum atomic E-state index is 0.496. The predicted octanol–water partition coefficient (Wildman–Crippen LogP) is 3.07. The van der Waals surface area contributed by atoms with E-state index in [-0.39, 0.29) is 0 Å². The van der Waals surface area contributed by atoms with E-state index in [9.17, 15) is 0 Å². The molecule has 0 saturated heterocycles. The number of aromatic nitrogens is 2. The van der Waals surface area contributed by atoms with Gasteiger partial charge in [0.1, 0.15) is 0 Å². The Labute approximate surface area is 90.0 Å². The van der Waals surface area contributed by atoms with Gasteiger partial charge in [0.15, 0.2) is 6.33 Å². The molecule has 0 N–H and O–H groups in total. The van der Waals surface area contributed by atoms with Crippen LogP contribution in [0, 0.1) is 6.33 Å². The first kappa shape index (κ1) is 9.84. The van der Waals surface area contributed by atoms with Crippen LogP contribution in [0.15, 0.2) is 36.5 Å². The summed E-state index contributed by atoms with van der Waals surface area (Å²) in [6.45, 7) is 4.37. The van der Waals surface area contributed by atoms with Gasteiger partial charge in [-0.05, 0) is 17.5 Å². The molecule has 0 spiro atoms. The van der Waals surface area contributed by atoms with E-state index < -0.39 is 0 Å². The molecule has 75 valence electrons. The molecule has 0 fully saturated rings. The van der Waals surface area contributed by atoms with Gasteiger partial charge in [-0.25, -0.2) is 9.97 Å². The molecule has 0 aliphatic rings. The molecule has 0 bridgehead atoms. The van der Waals surface area contributed by atoms with Crippen LogP contribution in [-0.2, 0) is 0 Å². The van der Waals surface area contributed by atoms with Crippen LogP contribution in [0.4, 0.5) is 0 Å². The zero-order chi connectivity index (χ0) is 10.7. The first-order chi connectivity index (χ1) is 7.29. The third-order valence-corrected chi connectivity index (χ3v) is 2.39. The molecule has 0 aliphatic heterocycles. The van der Waals surface area contributed by atoms with E-state index in [0.29, 0.717) is 5.92 Å². The first-order valence-corrected chi connectivity index (χ1v) is 5.07. The maximum absolute atomic E-state index is 4.16. The van der Waals surface area contributed by atoms with E-state index in [4.69, 9.17) is 0 Å². The van der Waals surface area contributed by atoms with Gasteiger partial charge in [-0.2, -0.15) is 0 Å². The second-order valence-electron chi connectivity index (χ2n) is 3.78. The maximum Gasteiger partial charge on any atom is 0.198 e. The summed E-state index contributed by atoms with van der Waals surface area (Å²) >= 11 is 0. The molecule has 1 aromatic heterocycles. The average Bonchev–Trinajstić information content (AvgIpc) is 2.30. The summed E-state index contributed by atoms with van der Waals surface area (Å²) in [6.07, 6.45) is 4.35. The Bertz CT molecular complexity index is 435. The van der Waals surface area contributed by atoms with Crippen molar-refractivity contribution in [3.63, 3.8) is 0 Å². The second kappa shape index (κ2) is 4.22. The predicted molar refractivity (Wildman–Crippen MR) is 60.4 cm³/mol. The number of nitrogens with zero attached hydrogens (tertiary/aromatic N) is 2. The Morgan fingerprint density at radius 1 is 1.13 bits per heavy atom. The van der Waals surface area contributed by atoms with Crippen LogP contribution in [0.25, 0.3) is 11.3 Å². The largest absolute Gasteiger partial charge is 0.234 e. The molecule has 1 radical (unpaired) electrons. The molecule has 0 amide bonds. The fraction of sp³-hybridized carbons (Fsp3) is 0.231. The van der Waals surface area contributed by atoms with Crippen molar-refractivity contribution in [1.29, 1.82) is 0 Å². The number of benzene rings is 1. The summed E-state index contributed by atoms with van der Waals surface area (Å²) in [5.74, 6) is 0.496. The average molecular weight is 197 g/mol. The van der Waals surface area contributed by atoms with Gasteiger partial charge in [0.25, 0.3) is 0 Å². The van der Waals surface area contributed by atoms with Crippen LogP contribution in [0.5, 0.6) is 0 Å². The summed E-state index contributed by atoms with van der Waals surface area (Å²) in [7, 11) is 0. The topological polar surface area (TPSA) is 25.8 Å². The van der Waals surface area contributed by atoms with Gasteiger partial charge >= 0.3 is 0 Å². The molecule has 1 aromatic carbocycles. The lowest BCUT2D eigenvalue weighted by atomic mass is 9.95. The highest BCUT2D eigenvalue weighted by Crippen LogP contribution is 2.26. The zero-order valence-corrected chi connectivity index (χ0v) is 8.94. The van der Waals surface area contributed by atoms with Crippen molar-refractivity contribution >= 4 is 0 Å². The van der Waals surface area contributed by atoms with Crippen LogP contribution in [0.1, 0.15) is 25.3 Å². The third kappa shape index (κ3) is 2.04. The Hall–Kier alpha value is -1.70. The van der Waals surface area contributed by atoms with Crippen molar-refractivity contribution in [2.45, 2.75) is 19.8 Å². The summed E-state index contributed by atoms with van der Waals surface area (Å²) in [6, 6.07) is 10.2. The third-order valence-electron chi connectivity index (χ3n) is 2.39. The van der Waals surface area contributed by atoms with Crippen molar-refractivity contribution in [2.24, 2.45) is 0 Å². The SMILES string of the molecule is CC(C)c1ccccc1-c1ccn[c]n1. The van der Waals surface area contributed by atoms with E-state index in [1.807, 2.05) is 12.1 Å².